The molecule has 53 heavy (non-hydrogen) atoms. The maximum atomic E-state index is 13.9. The van der Waals surface area contributed by atoms with Crippen molar-refractivity contribution >= 4 is 30.0 Å². The summed E-state index contributed by atoms with van der Waals surface area (Å²) in [5.41, 5.74) is 4.38. The fourth-order valence-corrected chi connectivity index (χ4v) is 6.44. The topological polar surface area (TPSA) is 162 Å². The Kier molecular flexibility index (Phi) is 12.7. The maximum absolute atomic E-state index is 13.9. The Morgan fingerprint density at radius 2 is 1.43 bits per heavy atom. The van der Waals surface area contributed by atoms with Gasteiger partial charge in [-0.15, -0.1) is 0 Å². The van der Waals surface area contributed by atoms with Crippen LogP contribution in [0.2, 0.25) is 0 Å². The number of amides is 4. The first-order valence-corrected chi connectivity index (χ1v) is 17.8. The summed E-state index contributed by atoms with van der Waals surface area (Å²) in [4.78, 5) is 66.3. The highest BCUT2D eigenvalue weighted by Gasteiger charge is 2.44. The first-order valence-electron chi connectivity index (χ1n) is 17.8. The summed E-state index contributed by atoms with van der Waals surface area (Å²) in [5, 5.41) is 7.71. The molecule has 0 unspecified atom stereocenters. The Labute approximate surface area is 309 Å². The first kappa shape index (κ1) is 38.8. The normalized spacial score (nSPS) is 17.0. The van der Waals surface area contributed by atoms with Crippen LogP contribution in [0.1, 0.15) is 63.6 Å². The van der Waals surface area contributed by atoms with Crippen LogP contribution < -0.4 is 16.0 Å². The van der Waals surface area contributed by atoms with Crippen molar-refractivity contribution in [3.8, 4) is 11.1 Å². The molecule has 1 saturated heterocycles. The number of ether oxygens (including phenoxy) is 4. The molecule has 13 heteroatoms. The van der Waals surface area contributed by atoms with Crippen LogP contribution in [0.4, 0.5) is 9.59 Å². The number of rotatable bonds is 13. The van der Waals surface area contributed by atoms with Gasteiger partial charge in [-0.25, -0.2) is 14.4 Å². The molecule has 3 atom stereocenters. The largest absolute Gasteiger partial charge is 0.459 e. The van der Waals surface area contributed by atoms with E-state index in [4.69, 9.17) is 18.9 Å². The van der Waals surface area contributed by atoms with Gasteiger partial charge in [-0.3, -0.25) is 9.59 Å². The molecule has 5 rings (SSSR count). The van der Waals surface area contributed by atoms with Crippen LogP contribution in [-0.4, -0.2) is 85.1 Å². The van der Waals surface area contributed by atoms with E-state index in [1.54, 1.807) is 34.6 Å². The molecule has 3 N–H and O–H groups in total. The highest BCUT2D eigenvalue weighted by molar-refractivity contribution is 5.90. The first-order chi connectivity index (χ1) is 25.3. The van der Waals surface area contributed by atoms with Crippen LogP contribution in [0.5, 0.6) is 0 Å². The summed E-state index contributed by atoms with van der Waals surface area (Å²) in [6.07, 6.45) is -2.03. The maximum Gasteiger partial charge on any atom is 0.408 e. The molecule has 13 nitrogen and oxygen atoms in total. The second-order valence-electron chi connectivity index (χ2n) is 14.4. The fraction of sp³-hybridized carbons (Fsp3) is 0.425. The number of nitrogens with zero attached hydrogens (tertiary/aromatic N) is 1. The summed E-state index contributed by atoms with van der Waals surface area (Å²) in [6.45, 7) is 8.25. The zero-order chi connectivity index (χ0) is 38.1. The van der Waals surface area contributed by atoms with Crippen LogP contribution in [0.15, 0.2) is 78.9 Å². The van der Waals surface area contributed by atoms with E-state index >= 15 is 0 Å². The van der Waals surface area contributed by atoms with Gasteiger partial charge in [0.05, 0.1) is 6.10 Å². The molecule has 4 amide bonds. The Morgan fingerprint density at radius 1 is 0.811 bits per heavy atom. The van der Waals surface area contributed by atoms with Gasteiger partial charge in [0.2, 0.25) is 11.8 Å². The standard InChI is InChI=1S/C40H48N4O9/c1-25(2)35(43-39(49)53-40(3,4)5)36(46)44-21-27(19-33(44)37(47)50-22-26-13-7-6-8-14-26)52-24-42-34(45)20-41-38(48)51-23-32-30-17-11-9-15-28(30)29-16-10-12-18-31(29)32/h6-18,25,27,32-33,35H,19-24H2,1-5H3,(H,41,48)(H,42,45)(H,43,49)/t27-,33+,35+/m1/s1. The van der Waals surface area contributed by atoms with Gasteiger partial charge >= 0.3 is 18.2 Å². The van der Waals surface area contributed by atoms with Crippen molar-refractivity contribution in [3.05, 3.63) is 95.6 Å². The van der Waals surface area contributed by atoms with E-state index in [1.807, 2.05) is 78.9 Å². The zero-order valence-corrected chi connectivity index (χ0v) is 30.8. The minimum absolute atomic E-state index is 0.0109. The molecular formula is C40H48N4O9. The molecular weight excluding hydrogens is 680 g/mol. The highest BCUT2D eigenvalue weighted by atomic mass is 16.6. The van der Waals surface area contributed by atoms with Gasteiger partial charge in [-0.1, -0.05) is 92.7 Å². The van der Waals surface area contributed by atoms with Crippen molar-refractivity contribution in [2.45, 2.75) is 77.4 Å². The van der Waals surface area contributed by atoms with Gasteiger partial charge in [0.15, 0.2) is 0 Å². The summed E-state index contributed by atoms with van der Waals surface area (Å²) in [6, 6.07) is 23.2. The van der Waals surface area contributed by atoms with E-state index in [0.717, 1.165) is 27.8 Å². The van der Waals surface area contributed by atoms with E-state index in [-0.39, 0.29) is 51.3 Å². The monoisotopic (exact) mass is 728 g/mol. The Balaban J connectivity index is 1.12. The predicted octanol–water partition coefficient (Wildman–Crippen LogP) is 4.88. The van der Waals surface area contributed by atoms with Gasteiger partial charge in [0, 0.05) is 18.9 Å². The molecule has 0 aromatic heterocycles. The second-order valence-corrected chi connectivity index (χ2v) is 14.4. The third kappa shape index (κ3) is 10.3. The number of alkyl carbamates (subject to hydrolysis) is 2. The number of hydrogen-bond donors (Lipinski definition) is 3. The molecule has 2 aliphatic rings. The molecule has 1 aliphatic carbocycles. The van der Waals surface area contributed by atoms with Gasteiger partial charge in [0.25, 0.3) is 0 Å². The third-order valence-corrected chi connectivity index (χ3v) is 8.97. The number of nitrogens with one attached hydrogen (secondary N) is 3. The molecule has 3 aromatic rings. The Bertz CT molecular complexity index is 1730. The van der Waals surface area contributed by atoms with Crippen molar-refractivity contribution in [2.24, 2.45) is 5.92 Å². The van der Waals surface area contributed by atoms with Crippen LogP contribution >= 0.6 is 0 Å². The van der Waals surface area contributed by atoms with Gasteiger partial charge < -0.3 is 39.8 Å². The Hall–Kier alpha value is -5.43. The molecule has 1 fully saturated rings. The lowest BCUT2D eigenvalue weighted by molar-refractivity contribution is -0.155. The molecule has 0 bridgehead atoms. The van der Waals surface area contributed by atoms with E-state index in [9.17, 15) is 24.0 Å². The molecule has 3 aromatic carbocycles. The average Bonchev–Trinajstić information content (AvgIpc) is 3.70. The number of esters is 1. The van der Waals surface area contributed by atoms with Crippen LogP contribution in [0.3, 0.4) is 0 Å². The summed E-state index contributed by atoms with van der Waals surface area (Å²) >= 11 is 0. The van der Waals surface area contributed by atoms with E-state index in [2.05, 4.69) is 16.0 Å². The van der Waals surface area contributed by atoms with Gasteiger partial charge in [-0.05, 0) is 54.5 Å². The number of carbonyl (C=O) groups is 5. The molecule has 1 heterocycles. The fourth-order valence-electron chi connectivity index (χ4n) is 6.44. The van der Waals surface area contributed by atoms with Crippen LogP contribution in [0.25, 0.3) is 11.1 Å². The number of hydrogen-bond acceptors (Lipinski definition) is 9. The smallest absolute Gasteiger partial charge is 0.408 e. The minimum atomic E-state index is -0.996. The molecule has 0 spiro atoms. The van der Waals surface area contributed by atoms with Crippen LogP contribution in [-0.2, 0) is 39.9 Å². The molecule has 1 aliphatic heterocycles. The van der Waals surface area contributed by atoms with Crippen LogP contribution in [0, 0.1) is 5.92 Å². The second kappa shape index (κ2) is 17.4. The zero-order valence-electron chi connectivity index (χ0n) is 30.8. The lowest BCUT2D eigenvalue weighted by atomic mass is 9.98. The van der Waals surface area contributed by atoms with Crippen molar-refractivity contribution in [3.63, 3.8) is 0 Å². The van der Waals surface area contributed by atoms with Gasteiger partial charge in [0.1, 0.15) is 44.2 Å². The van der Waals surface area contributed by atoms with Crippen molar-refractivity contribution in [1.82, 2.24) is 20.9 Å². The summed E-state index contributed by atoms with van der Waals surface area (Å²) in [7, 11) is 0. The van der Waals surface area contributed by atoms with E-state index < -0.39 is 53.8 Å². The summed E-state index contributed by atoms with van der Waals surface area (Å²) in [5.74, 6) is -2.08. The average molecular weight is 729 g/mol. The highest BCUT2D eigenvalue weighted by Crippen LogP contribution is 2.44. The SMILES string of the molecule is CC(C)[C@H](NC(=O)OC(C)(C)C)C(=O)N1C[C@H](OCNC(=O)CNC(=O)OCC2c3ccccc3-c3ccccc32)C[C@H]1C(=O)OCc1ccccc1. The Morgan fingerprint density at radius 3 is 2.06 bits per heavy atom. The number of likely N-dealkylation sites (tertiary alicyclic amines) is 1. The van der Waals surface area contributed by atoms with Crippen molar-refractivity contribution < 1.29 is 42.9 Å². The lowest BCUT2D eigenvalue weighted by Gasteiger charge is -2.30. The third-order valence-electron chi connectivity index (χ3n) is 8.97. The van der Waals surface area contributed by atoms with E-state index in [0.29, 0.717) is 0 Å². The quantitative estimate of drug-likeness (QED) is 0.127. The van der Waals surface area contributed by atoms with Crippen molar-refractivity contribution in [1.29, 1.82) is 0 Å². The molecule has 0 radical (unpaired) electrons. The number of benzene rings is 3. The van der Waals surface area contributed by atoms with Gasteiger partial charge in [-0.2, -0.15) is 0 Å². The van der Waals surface area contributed by atoms with Crippen molar-refractivity contribution in [2.75, 3.05) is 26.4 Å². The number of carbonyl (C=O) groups excluding carboxylic acids is 5. The minimum Gasteiger partial charge on any atom is -0.459 e. The lowest BCUT2D eigenvalue weighted by Crippen LogP contribution is -2.54. The number of fused-ring (bicyclic) bond motifs is 3. The molecule has 0 saturated carbocycles. The summed E-state index contributed by atoms with van der Waals surface area (Å²) < 4.78 is 22.3. The predicted molar refractivity (Wildman–Crippen MR) is 195 cm³/mol. The van der Waals surface area contributed by atoms with E-state index in [1.165, 1.54) is 4.90 Å². The molecule has 282 valence electrons.